The van der Waals surface area contributed by atoms with E-state index in [9.17, 15) is 0 Å². The van der Waals surface area contributed by atoms with Crippen LogP contribution in [0, 0.1) is 6.92 Å². The summed E-state index contributed by atoms with van der Waals surface area (Å²) < 4.78 is 1.81. The number of likely N-dealkylation sites (N-methyl/N-ethyl adjacent to an activating group) is 1. The largest absolute Gasteiger partial charge is 0.352 e. The molecule has 7 nitrogen and oxygen atoms in total. The van der Waals surface area contributed by atoms with E-state index in [0.29, 0.717) is 6.04 Å². The number of hydrogen-bond acceptors (Lipinski definition) is 7. The third kappa shape index (κ3) is 2.79. The summed E-state index contributed by atoms with van der Waals surface area (Å²) in [6.07, 6.45) is 2.65. The van der Waals surface area contributed by atoms with Crippen molar-refractivity contribution in [2.24, 2.45) is 0 Å². The van der Waals surface area contributed by atoms with Gasteiger partial charge in [-0.05, 0) is 38.9 Å². The summed E-state index contributed by atoms with van der Waals surface area (Å²) in [5.74, 6) is 2.57. The van der Waals surface area contributed by atoms with E-state index < -0.39 is 0 Å². The highest BCUT2D eigenvalue weighted by Crippen LogP contribution is 2.41. The highest BCUT2D eigenvalue weighted by Gasteiger charge is 2.32. The van der Waals surface area contributed by atoms with Crippen LogP contribution in [0.5, 0.6) is 0 Å². The average Bonchev–Trinajstić information content (AvgIpc) is 3.21. The van der Waals surface area contributed by atoms with Crippen LogP contribution in [0.25, 0.3) is 5.65 Å². The Kier molecular flexibility index (Phi) is 3.49. The van der Waals surface area contributed by atoms with Gasteiger partial charge in [0.15, 0.2) is 11.5 Å². The highest BCUT2D eigenvalue weighted by atomic mass is 32.1. The molecule has 130 valence electrons. The molecule has 0 spiro atoms. The van der Waals surface area contributed by atoms with Gasteiger partial charge in [0, 0.05) is 37.0 Å². The quantitative estimate of drug-likeness (QED) is 0.698. The Morgan fingerprint density at radius 2 is 2.08 bits per heavy atom. The van der Waals surface area contributed by atoms with Crippen LogP contribution in [0.1, 0.15) is 35.3 Å². The first-order valence-corrected chi connectivity index (χ1v) is 9.64. The molecule has 2 fully saturated rings. The minimum Gasteiger partial charge on any atom is -0.352 e. The van der Waals surface area contributed by atoms with Crippen LogP contribution in [-0.4, -0.2) is 55.9 Å². The van der Waals surface area contributed by atoms with Gasteiger partial charge >= 0.3 is 0 Å². The number of fused-ring (bicyclic) bond motifs is 1. The molecule has 8 heteroatoms. The first kappa shape index (κ1) is 15.2. The fourth-order valence-corrected chi connectivity index (χ4v) is 4.26. The van der Waals surface area contributed by atoms with Gasteiger partial charge in [-0.1, -0.05) is 0 Å². The topological polar surface area (TPSA) is 62.5 Å². The van der Waals surface area contributed by atoms with Gasteiger partial charge in [-0.3, -0.25) is 4.90 Å². The summed E-state index contributed by atoms with van der Waals surface area (Å²) in [4.78, 5) is 9.51. The van der Waals surface area contributed by atoms with Gasteiger partial charge in [-0.15, -0.1) is 26.6 Å². The normalized spacial score (nSPS) is 18.3. The van der Waals surface area contributed by atoms with Crippen molar-refractivity contribution >= 4 is 22.8 Å². The number of aromatic nitrogens is 5. The highest BCUT2D eigenvalue weighted by molar-refractivity contribution is 7.09. The summed E-state index contributed by atoms with van der Waals surface area (Å²) in [5, 5.41) is 16.4. The Morgan fingerprint density at radius 3 is 2.88 bits per heavy atom. The smallest absolute Gasteiger partial charge is 0.178 e. The molecule has 25 heavy (non-hydrogen) atoms. The van der Waals surface area contributed by atoms with Gasteiger partial charge in [-0.2, -0.15) is 4.52 Å². The summed E-state index contributed by atoms with van der Waals surface area (Å²) >= 11 is 1.83. The van der Waals surface area contributed by atoms with Crippen molar-refractivity contribution in [1.29, 1.82) is 0 Å². The second-order valence-corrected chi connectivity index (χ2v) is 8.02. The summed E-state index contributed by atoms with van der Waals surface area (Å²) in [6, 6.07) is 4.56. The SMILES string of the molecule is Cc1nnc2ccc(N3CC(N(C)Cc4csc(C5CC5)n4)C3)nn12. The standard InChI is InChI=1S/C17H21N7S/c1-11-19-20-15-5-6-16(21-24(11)15)23-8-14(9-23)22(2)7-13-10-25-17(18-13)12-3-4-12/h5-6,10,12,14H,3-4,7-9H2,1-2H3. The van der Waals surface area contributed by atoms with Crippen molar-refractivity contribution in [2.45, 2.75) is 38.3 Å². The molecule has 4 heterocycles. The number of anilines is 1. The Balaban J connectivity index is 1.21. The number of nitrogens with zero attached hydrogens (tertiary/aromatic N) is 7. The molecule has 3 aromatic rings. The van der Waals surface area contributed by atoms with Crippen LogP contribution in [0.3, 0.4) is 0 Å². The molecular weight excluding hydrogens is 334 g/mol. The third-order valence-electron chi connectivity index (χ3n) is 5.12. The van der Waals surface area contributed by atoms with Crippen LogP contribution < -0.4 is 4.90 Å². The molecule has 0 bridgehead atoms. The molecule has 3 aromatic heterocycles. The Bertz CT molecular complexity index is 907. The number of rotatable bonds is 5. The van der Waals surface area contributed by atoms with E-state index in [2.05, 4.69) is 37.5 Å². The van der Waals surface area contributed by atoms with Gasteiger partial charge in [0.25, 0.3) is 0 Å². The molecule has 0 radical (unpaired) electrons. The summed E-state index contributed by atoms with van der Waals surface area (Å²) in [5.41, 5.74) is 2.01. The fourth-order valence-electron chi connectivity index (χ4n) is 3.27. The first-order chi connectivity index (χ1) is 12.2. The molecule has 2 aliphatic rings. The maximum absolute atomic E-state index is 4.80. The van der Waals surface area contributed by atoms with Gasteiger partial charge in [0.2, 0.25) is 0 Å². The lowest BCUT2D eigenvalue weighted by Crippen LogP contribution is -2.58. The predicted molar refractivity (Wildman–Crippen MR) is 97.1 cm³/mol. The average molecular weight is 355 g/mol. The second kappa shape index (κ2) is 5.74. The third-order valence-corrected chi connectivity index (χ3v) is 6.18. The minimum absolute atomic E-state index is 0.547. The molecule has 1 aliphatic carbocycles. The lowest BCUT2D eigenvalue weighted by molar-refractivity contribution is 0.195. The number of aryl methyl sites for hydroxylation is 1. The van der Waals surface area contributed by atoms with Crippen LogP contribution >= 0.6 is 11.3 Å². The van der Waals surface area contributed by atoms with Gasteiger partial charge < -0.3 is 4.90 Å². The van der Waals surface area contributed by atoms with Crippen LogP contribution in [0.15, 0.2) is 17.5 Å². The van der Waals surface area contributed by atoms with E-state index in [0.717, 1.165) is 42.8 Å². The summed E-state index contributed by atoms with van der Waals surface area (Å²) in [6.45, 7) is 4.84. The lowest BCUT2D eigenvalue weighted by atomic mass is 10.1. The first-order valence-electron chi connectivity index (χ1n) is 8.76. The van der Waals surface area contributed by atoms with Gasteiger partial charge in [0.1, 0.15) is 5.82 Å². The Morgan fingerprint density at radius 1 is 1.24 bits per heavy atom. The molecular formula is C17H21N7S. The Hall–Kier alpha value is -2.06. The van der Waals surface area contributed by atoms with Crippen molar-refractivity contribution in [2.75, 3.05) is 25.0 Å². The zero-order valence-corrected chi connectivity index (χ0v) is 15.3. The van der Waals surface area contributed by atoms with Crippen LogP contribution in [0.2, 0.25) is 0 Å². The van der Waals surface area contributed by atoms with E-state index in [1.165, 1.54) is 23.5 Å². The van der Waals surface area contributed by atoms with E-state index >= 15 is 0 Å². The molecule has 1 saturated carbocycles. The van der Waals surface area contributed by atoms with Crippen molar-refractivity contribution in [3.05, 3.63) is 34.0 Å². The van der Waals surface area contributed by atoms with E-state index in [1.54, 1.807) is 4.52 Å². The minimum atomic E-state index is 0.547. The van der Waals surface area contributed by atoms with Gasteiger partial charge in [0.05, 0.1) is 10.7 Å². The molecule has 0 atom stereocenters. The molecule has 1 aliphatic heterocycles. The Labute approximate surface area is 150 Å². The molecule has 5 rings (SSSR count). The van der Waals surface area contributed by atoms with E-state index in [-0.39, 0.29) is 0 Å². The molecule has 0 unspecified atom stereocenters. The maximum Gasteiger partial charge on any atom is 0.178 e. The monoisotopic (exact) mass is 355 g/mol. The second-order valence-electron chi connectivity index (χ2n) is 7.13. The molecule has 0 amide bonds. The molecule has 0 aromatic carbocycles. The van der Waals surface area contributed by atoms with Crippen molar-refractivity contribution in [3.8, 4) is 0 Å². The zero-order chi connectivity index (χ0) is 17.0. The summed E-state index contributed by atoms with van der Waals surface area (Å²) in [7, 11) is 2.19. The molecule has 0 N–H and O–H groups in total. The number of hydrogen-bond donors (Lipinski definition) is 0. The maximum atomic E-state index is 4.80. The lowest BCUT2D eigenvalue weighted by Gasteiger charge is -2.44. The van der Waals surface area contributed by atoms with E-state index in [4.69, 9.17) is 4.98 Å². The zero-order valence-electron chi connectivity index (χ0n) is 14.5. The van der Waals surface area contributed by atoms with Crippen molar-refractivity contribution in [3.63, 3.8) is 0 Å². The predicted octanol–water partition coefficient (Wildman–Crippen LogP) is 2.09. The molecule has 1 saturated heterocycles. The van der Waals surface area contributed by atoms with Crippen molar-refractivity contribution < 1.29 is 0 Å². The van der Waals surface area contributed by atoms with Gasteiger partial charge in [-0.25, -0.2) is 4.98 Å². The fraction of sp³-hybridized carbons (Fsp3) is 0.529. The van der Waals surface area contributed by atoms with Crippen molar-refractivity contribution in [1.82, 2.24) is 29.7 Å². The number of thiazole rings is 1. The van der Waals surface area contributed by atoms with E-state index in [1.807, 2.05) is 30.4 Å². The van der Waals surface area contributed by atoms with Crippen LogP contribution in [-0.2, 0) is 6.54 Å². The van der Waals surface area contributed by atoms with Crippen LogP contribution in [0.4, 0.5) is 5.82 Å².